The zero-order valence-electron chi connectivity index (χ0n) is 30.3. The van der Waals surface area contributed by atoms with E-state index in [0.29, 0.717) is 11.3 Å². The predicted octanol–water partition coefficient (Wildman–Crippen LogP) is 12.8. The Morgan fingerprint density at radius 1 is 0.688 bits per heavy atom. The molecule has 230 valence electrons. The zero-order valence-corrected chi connectivity index (χ0v) is 26.3. The Kier molecular flexibility index (Phi) is 7.49. The van der Waals surface area contributed by atoms with Gasteiger partial charge < -0.3 is 9.32 Å². The summed E-state index contributed by atoms with van der Waals surface area (Å²) < 4.78 is 41.3. The van der Waals surface area contributed by atoms with E-state index in [4.69, 9.17) is 8.53 Å². The highest BCUT2D eigenvalue weighted by Crippen LogP contribution is 2.37. The monoisotopic (exact) mass is 621 g/mol. The maximum Gasteiger partial charge on any atom is 0.143 e. The van der Waals surface area contributed by atoms with Crippen molar-refractivity contribution in [2.45, 2.75) is 0 Å². The highest BCUT2D eigenvalue weighted by Gasteiger charge is 2.14. The first-order valence-electron chi connectivity index (χ1n) is 17.8. The summed E-state index contributed by atoms with van der Waals surface area (Å²) in [6.45, 7) is 4.82. The SMILES string of the molecule is [2H]C=C([2H])/C(=C([2H])\C([2H])=C\N(C(/C=C\C=C)=C\c1cccc2c1oc1c3ccccc3ccc21)c1ccc(-c2ccccc2)cc1)c1ccccc1. The average molecular weight is 622 g/mol. The van der Waals surface area contributed by atoms with E-state index in [0.717, 1.165) is 61.6 Å². The fourth-order valence-electron chi connectivity index (χ4n) is 5.89. The van der Waals surface area contributed by atoms with E-state index in [9.17, 15) is 1.37 Å². The van der Waals surface area contributed by atoms with Gasteiger partial charge in [0.25, 0.3) is 0 Å². The number of hydrogen-bond acceptors (Lipinski definition) is 2. The molecular weight excluding hydrogens is 583 g/mol. The van der Waals surface area contributed by atoms with Gasteiger partial charge >= 0.3 is 0 Å². The second-order valence-electron chi connectivity index (χ2n) is 11.2. The van der Waals surface area contributed by atoms with E-state index in [1.807, 2.05) is 108 Å². The van der Waals surface area contributed by atoms with Crippen molar-refractivity contribution in [3.05, 3.63) is 212 Å². The van der Waals surface area contributed by atoms with Crippen molar-refractivity contribution in [2.24, 2.45) is 0 Å². The van der Waals surface area contributed by atoms with Crippen LogP contribution in [-0.4, -0.2) is 0 Å². The van der Waals surface area contributed by atoms with Gasteiger partial charge in [-0.3, -0.25) is 0 Å². The van der Waals surface area contributed by atoms with Gasteiger partial charge in [0, 0.05) is 39.3 Å². The molecule has 0 amide bonds. The molecule has 0 unspecified atom stereocenters. The van der Waals surface area contributed by atoms with Crippen LogP contribution in [0.15, 0.2) is 205 Å². The number of furan rings is 1. The maximum absolute atomic E-state index is 9.23. The van der Waals surface area contributed by atoms with Crippen LogP contribution >= 0.6 is 0 Å². The summed E-state index contributed by atoms with van der Waals surface area (Å²) in [6.07, 6.45) is 9.03. The maximum atomic E-state index is 9.23. The lowest BCUT2D eigenvalue weighted by Gasteiger charge is -2.23. The minimum absolute atomic E-state index is 0.135. The molecule has 0 N–H and O–H groups in total. The summed E-state index contributed by atoms with van der Waals surface area (Å²) in [5.41, 5.74) is 6.74. The van der Waals surface area contributed by atoms with Crippen LogP contribution in [0.3, 0.4) is 0 Å². The van der Waals surface area contributed by atoms with E-state index < -0.39 is 0 Å². The number of benzene rings is 6. The molecule has 2 heteroatoms. The number of allylic oxidation sites excluding steroid dienone is 7. The molecule has 0 saturated heterocycles. The van der Waals surface area contributed by atoms with Crippen molar-refractivity contribution < 1.29 is 9.90 Å². The smallest absolute Gasteiger partial charge is 0.143 e. The summed E-state index contributed by atoms with van der Waals surface area (Å²) in [7, 11) is 0. The van der Waals surface area contributed by atoms with E-state index in [1.165, 1.54) is 0 Å². The lowest BCUT2D eigenvalue weighted by atomic mass is 10.0. The molecule has 1 aromatic heterocycles. The summed E-state index contributed by atoms with van der Waals surface area (Å²) >= 11 is 0. The molecule has 0 aliphatic heterocycles. The van der Waals surface area contributed by atoms with Crippen molar-refractivity contribution in [1.82, 2.24) is 0 Å². The normalized spacial score (nSPS) is 14.5. The number of rotatable bonds is 10. The van der Waals surface area contributed by atoms with Crippen LogP contribution in [0.4, 0.5) is 5.69 Å². The third kappa shape index (κ3) is 6.20. The van der Waals surface area contributed by atoms with E-state index in [-0.39, 0.29) is 23.7 Å². The molecule has 2 nitrogen and oxygen atoms in total. The first-order chi connectivity index (χ1) is 25.5. The number of para-hydroxylation sites is 1. The Labute approximate surface area is 287 Å². The van der Waals surface area contributed by atoms with Gasteiger partial charge in [-0.25, -0.2) is 0 Å². The molecule has 7 rings (SSSR count). The third-order valence-electron chi connectivity index (χ3n) is 8.25. The fraction of sp³-hybridized carbons (Fsp3) is 0. The fourth-order valence-corrected chi connectivity index (χ4v) is 5.89. The summed E-state index contributed by atoms with van der Waals surface area (Å²) in [5, 5.41) is 4.16. The summed E-state index contributed by atoms with van der Waals surface area (Å²) in [6, 6.07) is 45.2. The molecule has 0 saturated carbocycles. The first kappa shape index (κ1) is 25.8. The van der Waals surface area contributed by atoms with Crippen LogP contribution in [-0.2, 0) is 0 Å². The van der Waals surface area contributed by atoms with E-state index >= 15 is 0 Å². The van der Waals surface area contributed by atoms with Crippen LogP contribution in [0.5, 0.6) is 0 Å². The summed E-state index contributed by atoms with van der Waals surface area (Å²) in [5.74, 6) is 0. The van der Waals surface area contributed by atoms with Crippen molar-refractivity contribution in [3.8, 4) is 11.1 Å². The standard InChI is InChI=1S/C46H35NO/c1-3-5-23-41(33-39-21-14-25-43-44-31-28-38-20-12-13-24-42(38)46(44)48-45(39)43)47(32-15-22-34(4-2)35-16-8-6-9-17-35)40-29-26-37(27-30-40)36-18-10-7-11-19-36/h3-33H,1-2H2/b23-5-,32-15+,34-22+,41-33-/i2D,4D,15D,22D/b4-2?,23-5-,32-15+,34-22+,41-33-. The first-order valence-corrected chi connectivity index (χ1v) is 15.8. The number of nitrogens with zero attached hydrogens (tertiary/aromatic N) is 1. The molecule has 0 atom stereocenters. The van der Waals surface area contributed by atoms with Gasteiger partial charge in [0.2, 0.25) is 0 Å². The topological polar surface area (TPSA) is 16.4 Å². The molecule has 0 spiro atoms. The molecule has 48 heavy (non-hydrogen) atoms. The van der Waals surface area contributed by atoms with Crippen LogP contribution in [0.1, 0.15) is 16.6 Å². The highest BCUT2D eigenvalue weighted by atomic mass is 16.3. The Balaban J connectivity index is 1.44. The minimum Gasteiger partial charge on any atom is -0.455 e. The minimum atomic E-state index is -0.177. The van der Waals surface area contributed by atoms with Crippen molar-refractivity contribution >= 4 is 50.0 Å². The molecule has 6 aromatic carbocycles. The molecule has 0 aliphatic carbocycles. The lowest BCUT2D eigenvalue weighted by Crippen LogP contribution is -2.14. The Hall–Kier alpha value is -6.38. The van der Waals surface area contributed by atoms with Crippen LogP contribution in [0.25, 0.3) is 55.5 Å². The van der Waals surface area contributed by atoms with Gasteiger partial charge in [-0.2, -0.15) is 0 Å². The summed E-state index contributed by atoms with van der Waals surface area (Å²) in [4.78, 5) is 1.86. The Morgan fingerprint density at radius 3 is 2.19 bits per heavy atom. The quantitative estimate of drug-likeness (QED) is 0.141. The van der Waals surface area contributed by atoms with E-state index in [1.54, 1.807) is 24.4 Å². The van der Waals surface area contributed by atoms with Crippen molar-refractivity contribution in [2.75, 3.05) is 4.90 Å². The Bertz CT molecular complexity index is 2560. The average Bonchev–Trinajstić information content (AvgIpc) is 3.59. The molecule has 0 bridgehead atoms. The highest BCUT2D eigenvalue weighted by molar-refractivity contribution is 6.16. The Morgan fingerprint density at radius 2 is 1.40 bits per heavy atom. The largest absolute Gasteiger partial charge is 0.455 e. The van der Waals surface area contributed by atoms with Crippen LogP contribution in [0, 0.1) is 0 Å². The van der Waals surface area contributed by atoms with Crippen LogP contribution < -0.4 is 4.90 Å². The van der Waals surface area contributed by atoms with Gasteiger partial charge in [-0.15, -0.1) is 0 Å². The number of hydrogen-bond donors (Lipinski definition) is 0. The van der Waals surface area contributed by atoms with Crippen molar-refractivity contribution in [1.29, 1.82) is 0 Å². The predicted molar refractivity (Wildman–Crippen MR) is 207 cm³/mol. The lowest BCUT2D eigenvalue weighted by molar-refractivity contribution is 0.671. The molecule has 0 radical (unpaired) electrons. The zero-order chi connectivity index (χ0) is 36.0. The second kappa shape index (κ2) is 13.9. The van der Waals surface area contributed by atoms with Gasteiger partial charge in [0.1, 0.15) is 11.2 Å². The molecule has 7 aromatic rings. The third-order valence-corrected chi connectivity index (χ3v) is 8.25. The van der Waals surface area contributed by atoms with Crippen molar-refractivity contribution in [3.63, 3.8) is 0 Å². The molecule has 0 aliphatic rings. The second-order valence-corrected chi connectivity index (χ2v) is 11.2. The number of fused-ring (bicyclic) bond motifs is 5. The van der Waals surface area contributed by atoms with E-state index in [2.05, 4.69) is 49.0 Å². The molecule has 1 heterocycles. The molecular formula is C46H35NO. The number of anilines is 1. The van der Waals surface area contributed by atoms with Gasteiger partial charge in [0.15, 0.2) is 0 Å². The van der Waals surface area contributed by atoms with Gasteiger partial charge in [-0.1, -0.05) is 159 Å². The molecule has 0 fully saturated rings. The van der Waals surface area contributed by atoms with Gasteiger partial charge in [-0.05, 0) is 64.1 Å². The van der Waals surface area contributed by atoms with Crippen LogP contribution in [0.2, 0.25) is 0 Å². The van der Waals surface area contributed by atoms with Gasteiger partial charge in [0.05, 0.1) is 5.48 Å².